The summed E-state index contributed by atoms with van der Waals surface area (Å²) >= 11 is 0. The molecule has 0 radical (unpaired) electrons. The summed E-state index contributed by atoms with van der Waals surface area (Å²) in [6, 6.07) is 5.01. The lowest BCUT2D eigenvalue weighted by molar-refractivity contribution is -0.122. The van der Waals surface area contributed by atoms with E-state index in [9.17, 15) is 9.59 Å². The molecule has 1 aliphatic rings. The van der Waals surface area contributed by atoms with Crippen molar-refractivity contribution in [2.24, 2.45) is 0 Å². The molecule has 2 rings (SSSR count). The van der Waals surface area contributed by atoms with Gasteiger partial charge in [0.1, 0.15) is 5.75 Å². The van der Waals surface area contributed by atoms with Gasteiger partial charge in [0.25, 0.3) is 5.91 Å². The molecule has 0 aliphatic carbocycles. The fraction of sp³-hybridized carbons (Fsp3) is 0.273. The van der Waals surface area contributed by atoms with Gasteiger partial charge in [-0.05, 0) is 32.0 Å². The summed E-state index contributed by atoms with van der Waals surface area (Å²) in [7, 11) is 0. The van der Waals surface area contributed by atoms with E-state index in [2.05, 4.69) is 5.32 Å². The van der Waals surface area contributed by atoms with E-state index in [-0.39, 0.29) is 11.7 Å². The fourth-order valence-corrected chi connectivity index (χ4v) is 1.43. The van der Waals surface area contributed by atoms with Crippen molar-refractivity contribution < 1.29 is 14.3 Å². The number of benzene rings is 1. The number of ether oxygens (including phenoxy) is 1. The Bertz CT molecular complexity index is 439. The van der Waals surface area contributed by atoms with Gasteiger partial charge in [0.05, 0.1) is 5.69 Å². The SMILES string of the molecule is CC(=O)c1ccc2c(c1)NC(=O)C(C)O2. The minimum atomic E-state index is -0.485. The van der Waals surface area contributed by atoms with Crippen LogP contribution < -0.4 is 10.1 Å². The molecule has 0 bridgehead atoms. The highest BCUT2D eigenvalue weighted by Crippen LogP contribution is 2.30. The van der Waals surface area contributed by atoms with Crippen molar-refractivity contribution in [1.29, 1.82) is 0 Å². The van der Waals surface area contributed by atoms with Crippen LogP contribution in [-0.2, 0) is 4.79 Å². The molecule has 15 heavy (non-hydrogen) atoms. The predicted octanol–water partition coefficient (Wildman–Crippen LogP) is 1.61. The maximum atomic E-state index is 11.3. The zero-order valence-corrected chi connectivity index (χ0v) is 8.53. The van der Waals surface area contributed by atoms with Gasteiger partial charge in [0.15, 0.2) is 11.9 Å². The molecule has 0 saturated heterocycles. The van der Waals surface area contributed by atoms with Crippen LogP contribution in [0.3, 0.4) is 0 Å². The Kier molecular flexibility index (Phi) is 2.19. The van der Waals surface area contributed by atoms with E-state index in [4.69, 9.17) is 4.74 Å². The second-order valence-electron chi connectivity index (χ2n) is 3.52. The van der Waals surface area contributed by atoms with Crippen molar-refractivity contribution in [2.45, 2.75) is 20.0 Å². The third kappa shape index (κ3) is 1.70. The molecule has 4 heteroatoms. The molecule has 1 aromatic carbocycles. The number of hydrogen-bond acceptors (Lipinski definition) is 3. The summed E-state index contributed by atoms with van der Waals surface area (Å²) < 4.78 is 5.36. The van der Waals surface area contributed by atoms with Crippen molar-refractivity contribution in [3.8, 4) is 5.75 Å². The Morgan fingerprint density at radius 1 is 1.47 bits per heavy atom. The molecule has 1 atom stereocenters. The van der Waals surface area contributed by atoms with Crippen molar-refractivity contribution in [1.82, 2.24) is 0 Å². The summed E-state index contributed by atoms with van der Waals surface area (Å²) in [6.45, 7) is 3.16. The number of anilines is 1. The number of carbonyl (C=O) groups is 2. The van der Waals surface area contributed by atoms with E-state index < -0.39 is 6.10 Å². The number of nitrogens with one attached hydrogen (secondary N) is 1. The first-order valence-corrected chi connectivity index (χ1v) is 4.70. The largest absolute Gasteiger partial charge is 0.479 e. The topological polar surface area (TPSA) is 55.4 Å². The third-order valence-electron chi connectivity index (χ3n) is 2.32. The molecular formula is C11H11NO3. The average Bonchev–Trinajstić information content (AvgIpc) is 2.19. The van der Waals surface area contributed by atoms with Crippen LogP contribution in [-0.4, -0.2) is 17.8 Å². The van der Waals surface area contributed by atoms with Gasteiger partial charge in [0.2, 0.25) is 0 Å². The molecular weight excluding hydrogens is 194 g/mol. The number of fused-ring (bicyclic) bond motifs is 1. The lowest BCUT2D eigenvalue weighted by Gasteiger charge is -2.23. The minimum absolute atomic E-state index is 0.0364. The molecule has 1 aliphatic heterocycles. The van der Waals surface area contributed by atoms with E-state index in [1.165, 1.54) is 6.92 Å². The Labute approximate surface area is 87.2 Å². The van der Waals surface area contributed by atoms with Gasteiger partial charge in [-0.3, -0.25) is 9.59 Å². The first-order chi connectivity index (χ1) is 7.08. The minimum Gasteiger partial charge on any atom is -0.479 e. The van der Waals surface area contributed by atoms with Crippen LogP contribution >= 0.6 is 0 Å². The van der Waals surface area contributed by atoms with Crippen LogP contribution in [0, 0.1) is 0 Å². The quantitative estimate of drug-likeness (QED) is 0.708. The summed E-state index contributed by atoms with van der Waals surface area (Å²) in [5.74, 6) is 0.376. The summed E-state index contributed by atoms with van der Waals surface area (Å²) in [5, 5.41) is 2.69. The van der Waals surface area contributed by atoms with Crippen molar-refractivity contribution in [3.63, 3.8) is 0 Å². The number of Topliss-reactive ketones (excluding diaryl/α,β-unsaturated/α-hetero) is 1. The fourth-order valence-electron chi connectivity index (χ4n) is 1.43. The molecule has 78 valence electrons. The van der Waals surface area contributed by atoms with Crippen LogP contribution in [0.25, 0.3) is 0 Å². The molecule has 1 heterocycles. The first-order valence-electron chi connectivity index (χ1n) is 4.70. The third-order valence-corrected chi connectivity index (χ3v) is 2.32. The average molecular weight is 205 g/mol. The normalized spacial score (nSPS) is 18.8. The Balaban J connectivity index is 2.41. The smallest absolute Gasteiger partial charge is 0.265 e. The van der Waals surface area contributed by atoms with Crippen LogP contribution in [0.1, 0.15) is 24.2 Å². The molecule has 0 fully saturated rings. The van der Waals surface area contributed by atoms with Crippen LogP contribution in [0.2, 0.25) is 0 Å². The molecule has 1 unspecified atom stereocenters. The number of hydrogen-bond donors (Lipinski definition) is 1. The molecule has 0 spiro atoms. The first kappa shape index (κ1) is 9.71. The maximum Gasteiger partial charge on any atom is 0.265 e. The number of rotatable bonds is 1. The lowest BCUT2D eigenvalue weighted by Crippen LogP contribution is -2.34. The van der Waals surface area contributed by atoms with Crippen molar-refractivity contribution in [2.75, 3.05) is 5.32 Å². The van der Waals surface area contributed by atoms with Crippen molar-refractivity contribution >= 4 is 17.4 Å². The highest BCUT2D eigenvalue weighted by Gasteiger charge is 2.23. The molecule has 0 saturated carbocycles. The molecule has 1 amide bonds. The summed E-state index contributed by atoms with van der Waals surface area (Å²) in [5.41, 5.74) is 1.12. The van der Waals surface area contributed by atoms with Crippen LogP contribution in [0.15, 0.2) is 18.2 Å². The molecule has 1 N–H and O–H groups in total. The van der Waals surface area contributed by atoms with Gasteiger partial charge in [-0.25, -0.2) is 0 Å². The van der Waals surface area contributed by atoms with E-state index in [0.717, 1.165) is 0 Å². The highest BCUT2D eigenvalue weighted by molar-refractivity contribution is 6.00. The van der Waals surface area contributed by atoms with E-state index in [1.807, 2.05) is 0 Å². The maximum absolute atomic E-state index is 11.3. The second kappa shape index (κ2) is 3.38. The van der Waals surface area contributed by atoms with Gasteiger partial charge in [-0.1, -0.05) is 0 Å². The highest BCUT2D eigenvalue weighted by atomic mass is 16.5. The van der Waals surface area contributed by atoms with Gasteiger partial charge in [0, 0.05) is 5.56 Å². The number of carbonyl (C=O) groups excluding carboxylic acids is 2. The van der Waals surface area contributed by atoms with Crippen LogP contribution in [0.5, 0.6) is 5.75 Å². The monoisotopic (exact) mass is 205 g/mol. The van der Waals surface area contributed by atoms with Gasteiger partial charge < -0.3 is 10.1 Å². The lowest BCUT2D eigenvalue weighted by atomic mass is 10.1. The Hall–Kier alpha value is -1.84. The number of amides is 1. The zero-order valence-electron chi connectivity index (χ0n) is 8.53. The van der Waals surface area contributed by atoms with E-state index in [1.54, 1.807) is 25.1 Å². The van der Waals surface area contributed by atoms with E-state index in [0.29, 0.717) is 17.0 Å². The molecule has 0 aromatic heterocycles. The summed E-state index contributed by atoms with van der Waals surface area (Å²) in [6.07, 6.45) is -0.485. The second-order valence-corrected chi connectivity index (χ2v) is 3.52. The van der Waals surface area contributed by atoms with Gasteiger partial charge >= 0.3 is 0 Å². The Morgan fingerprint density at radius 3 is 2.87 bits per heavy atom. The zero-order chi connectivity index (χ0) is 11.0. The molecule has 1 aromatic rings. The van der Waals surface area contributed by atoms with E-state index >= 15 is 0 Å². The van der Waals surface area contributed by atoms with Crippen LogP contribution in [0.4, 0.5) is 5.69 Å². The molecule has 4 nitrogen and oxygen atoms in total. The predicted molar refractivity (Wildman–Crippen MR) is 55.2 cm³/mol. The summed E-state index contributed by atoms with van der Waals surface area (Å²) in [4.78, 5) is 22.4. The standard InChI is InChI=1S/C11H11NO3/c1-6(13)8-3-4-10-9(5-8)12-11(14)7(2)15-10/h3-5,7H,1-2H3,(H,12,14). The van der Waals surface area contributed by atoms with Crippen molar-refractivity contribution in [3.05, 3.63) is 23.8 Å². The van der Waals surface area contributed by atoms with Gasteiger partial charge in [-0.2, -0.15) is 0 Å². The number of ketones is 1. The van der Waals surface area contributed by atoms with Gasteiger partial charge in [-0.15, -0.1) is 0 Å². The Morgan fingerprint density at radius 2 is 2.20 bits per heavy atom.